The molecule has 0 unspecified atom stereocenters. The van der Waals surface area contributed by atoms with Crippen LogP contribution >= 0.6 is 0 Å². The van der Waals surface area contributed by atoms with Gasteiger partial charge in [-0.2, -0.15) is 0 Å². The second kappa shape index (κ2) is 7.23. The summed E-state index contributed by atoms with van der Waals surface area (Å²) in [5.41, 5.74) is 9.07. The molecular weight excluding hydrogens is 186 g/mol. The van der Waals surface area contributed by atoms with Crippen LogP contribution in [0, 0.1) is 0 Å². The molecule has 0 rings (SSSR count). The Balaban J connectivity index is 4.61. The molecule has 86 valence electrons. The average Bonchev–Trinajstić information content (AvgIpc) is 2.14. The lowest BCUT2D eigenvalue weighted by atomic mass is 10.0. The Morgan fingerprint density at radius 2 is 1.93 bits per heavy atom. The molecule has 0 atom stereocenters. The molecule has 15 heavy (non-hydrogen) atoms. The van der Waals surface area contributed by atoms with Crippen LogP contribution in [-0.4, -0.2) is 19.3 Å². The van der Waals surface area contributed by atoms with Crippen LogP contribution < -0.4 is 11.1 Å². The van der Waals surface area contributed by atoms with Gasteiger partial charge >= 0.3 is 0 Å². The molecule has 0 spiro atoms. The van der Waals surface area contributed by atoms with Gasteiger partial charge in [0.25, 0.3) is 0 Å². The number of hydrogen-bond acceptors (Lipinski definition) is 3. The van der Waals surface area contributed by atoms with Gasteiger partial charge in [-0.1, -0.05) is 12.2 Å². The summed E-state index contributed by atoms with van der Waals surface area (Å²) >= 11 is 0. The van der Waals surface area contributed by atoms with Gasteiger partial charge in [-0.3, -0.25) is 0 Å². The summed E-state index contributed by atoms with van der Waals surface area (Å²) in [5, 5.41) is 3.12. The lowest BCUT2D eigenvalue weighted by Gasteiger charge is -2.09. The van der Waals surface area contributed by atoms with E-state index < -0.39 is 0 Å². The highest BCUT2D eigenvalue weighted by molar-refractivity contribution is 6.00. The molecule has 3 nitrogen and oxygen atoms in total. The second-order valence-electron chi connectivity index (χ2n) is 3.88. The van der Waals surface area contributed by atoms with Gasteiger partial charge in [0.1, 0.15) is 5.82 Å². The van der Waals surface area contributed by atoms with Gasteiger partial charge in [-0.15, -0.1) is 0 Å². The molecule has 0 amide bonds. The Kier molecular flexibility index (Phi) is 6.71. The number of nitrogens with two attached hydrogens (primary N) is 1. The Morgan fingerprint density at radius 3 is 2.33 bits per heavy atom. The maximum Gasteiger partial charge on any atom is 0.116 e. The number of aliphatic imine (C=N–C) groups is 1. The van der Waals surface area contributed by atoms with Gasteiger partial charge in [-0.25, -0.2) is 4.99 Å². The summed E-state index contributed by atoms with van der Waals surface area (Å²) in [6.45, 7) is 10.9. The SMILES string of the molecule is C=C(N)/N=C(/CCCNC)C(C)=C(C)C. The van der Waals surface area contributed by atoms with Crippen molar-refractivity contribution in [2.75, 3.05) is 13.6 Å². The zero-order chi connectivity index (χ0) is 11.8. The number of allylic oxidation sites excluding steroid dienone is 2. The summed E-state index contributed by atoms with van der Waals surface area (Å²) in [6, 6.07) is 0. The van der Waals surface area contributed by atoms with E-state index >= 15 is 0 Å². The molecule has 3 N–H and O–H groups in total. The van der Waals surface area contributed by atoms with Gasteiger partial charge in [0.15, 0.2) is 0 Å². The van der Waals surface area contributed by atoms with Crippen molar-refractivity contribution < 1.29 is 0 Å². The Hall–Kier alpha value is -1.09. The number of nitrogens with one attached hydrogen (secondary N) is 1. The van der Waals surface area contributed by atoms with Gasteiger partial charge in [0.2, 0.25) is 0 Å². The molecule has 0 aliphatic carbocycles. The monoisotopic (exact) mass is 209 g/mol. The Labute approximate surface area is 93.2 Å². The average molecular weight is 209 g/mol. The van der Waals surface area contributed by atoms with Crippen molar-refractivity contribution in [2.24, 2.45) is 10.7 Å². The van der Waals surface area contributed by atoms with Crippen molar-refractivity contribution in [3.05, 3.63) is 23.5 Å². The first-order valence-corrected chi connectivity index (χ1v) is 5.30. The normalized spacial score (nSPS) is 11.3. The van der Waals surface area contributed by atoms with Crippen LogP contribution in [0.2, 0.25) is 0 Å². The molecule has 0 aromatic carbocycles. The molecule has 0 aromatic heterocycles. The minimum Gasteiger partial charge on any atom is -0.384 e. The van der Waals surface area contributed by atoms with Crippen molar-refractivity contribution in [1.82, 2.24) is 5.32 Å². The molecule has 0 radical (unpaired) electrons. The molecule has 0 fully saturated rings. The molecule has 0 aliphatic rings. The van der Waals surface area contributed by atoms with Crippen LogP contribution in [-0.2, 0) is 0 Å². The third-order valence-electron chi connectivity index (χ3n) is 2.30. The van der Waals surface area contributed by atoms with E-state index in [9.17, 15) is 0 Å². The molecule has 0 aromatic rings. The third-order valence-corrected chi connectivity index (χ3v) is 2.30. The van der Waals surface area contributed by atoms with E-state index in [4.69, 9.17) is 5.73 Å². The van der Waals surface area contributed by atoms with Crippen molar-refractivity contribution in [3.8, 4) is 0 Å². The Morgan fingerprint density at radius 1 is 1.33 bits per heavy atom. The van der Waals surface area contributed by atoms with Gasteiger partial charge < -0.3 is 11.1 Å². The summed E-state index contributed by atoms with van der Waals surface area (Å²) in [7, 11) is 1.95. The van der Waals surface area contributed by atoms with Crippen molar-refractivity contribution in [3.63, 3.8) is 0 Å². The van der Waals surface area contributed by atoms with Crippen LogP contribution in [0.3, 0.4) is 0 Å². The maximum atomic E-state index is 5.52. The highest BCUT2D eigenvalue weighted by atomic mass is 14.9. The molecule has 0 saturated heterocycles. The van der Waals surface area contributed by atoms with E-state index in [0.717, 1.165) is 25.1 Å². The molecule has 0 aliphatic heterocycles. The smallest absolute Gasteiger partial charge is 0.116 e. The molecule has 0 saturated carbocycles. The quantitative estimate of drug-likeness (QED) is 0.520. The van der Waals surface area contributed by atoms with Crippen molar-refractivity contribution in [1.29, 1.82) is 0 Å². The van der Waals surface area contributed by atoms with E-state index in [1.54, 1.807) is 0 Å². The Bertz CT molecular complexity index is 271. The first-order chi connectivity index (χ1) is 6.99. The van der Waals surface area contributed by atoms with E-state index in [1.807, 2.05) is 7.05 Å². The van der Waals surface area contributed by atoms with Gasteiger partial charge in [0, 0.05) is 5.71 Å². The van der Waals surface area contributed by atoms with Gasteiger partial charge in [-0.05, 0) is 52.8 Å². The van der Waals surface area contributed by atoms with Crippen molar-refractivity contribution in [2.45, 2.75) is 33.6 Å². The zero-order valence-electron chi connectivity index (χ0n) is 10.4. The first-order valence-electron chi connectivity index (χ1n) is 5.30. The fourth-order valence-electron chi connectivity index (χ4n) is 1.22. The summed E-state index contributed by atoms with van der Waals surface area (Å²) < 4.78 is 0. The topological polar surface area (TPSA) is 50.4 Å². The van der Waals surface area contributed by atoms with E-state index in [2.05, 4.69) is 37.7 Å². The molecule has 0 heterocycles. The van der Waals surface area contributed by atoms with E-state index in [-0.39, 0.29) is 0 Å². The minimum absolute atomic E-state index is 0.384. The first kappa shape index (κ1) is 13.9. The summed E-state index contributed by atoms with van der Waals surface area (Å²) in [5.74, 6) is 0.384. The lowest BCUT2D eigenvalue weighted by molar-refractivity contribution is 0.745. The highest BCUT2D eigenvalue weighted by Gasteiger charge is 2.04. The van der Waals surface area contributed by atoms with Gasteiger partial charge in [0.05, 0.1) is 0 Å². The molecular formula is C12H23N3. The standard InChI is InChI=1S/C12H23N3/c1-9(2)10(3)12(15-11(4)13)7-6-8-14-5/h14H,4,6-8,13H2,1-3,5H3/b15-12-. The molecule has 3 heteroatoms. The largest absolute Gasteiger partial charge is 0.384 e. The van der Waals surface area contributed by atoms with Crippen LogP contribution in [0.15, 0.2) is 28.5 Å². The zero-order valence-corrected chi connectivity index (χ0v) is 10.4. The fourth-order valence-corrected chi connectivity index (χ4v) is 1.22. The van der Waals surface area contributed by atoms with Crippen LogP contribution in [0.4, 0.5) is 0 Å². The van der Waals surface area contributed by atoms with Crippen molar-refractivity contribution >= 4 is 5.71 Å². The summed E-state index contributed by atoms with van der Waals surface area (Å²) in [6.07, 6.45) is 2.00. The third kappa shape index (κ3) is 6.07. The van der Waals surface area contributed by atoms with E-state index in [1.165, 1.54) is 11.1 Å². The molecule has 0 bridgehead atoms. The van der Waals surface area contributed by atoms with E-state index in [0.29, 0.717) is 5.82 Å². The summed E-state index contributed by atoms with van der Waals surface area (Å²) in [4.78, 5) is 4.28. The van der Waals surface area contributed by atoms with Crippen LogP contribution in [0.5, 0.6) is 0 Å². The number of hydrogen-bond donors (Lipinski definition) is 2. The minimum atomic E-state index is 0.384. The second-order valence-corrected chi connectivity index (χ2v) is 3.88. The number of rotatable bonds is 6. The predicted octanol–water partition coefficient (Wildman–Crippen LogP) is 2.21. The fraction of sp³-hybridized carbons (Fsp3) is 0.583. The lowest BCUT2D eigenvalue weighted by Crippen LogP contribution is -2.12. The number of nitrogens with zero attached hydrogens (tertiary/aromatic N) is 1. The highest BCUT2D eigenvalue weighted by Crippen LogP contribution is 2.10. The predicted molar refractivity (Wildman–Crippen MR) is 68.0 cm³/mol. The maximum absolute atomic E-state index is 5.52. The van der Waals surface area contributed by atoms with Crippen LogP contribution in [0.25, 0.3) is 0 Å². The van der Waals surface area contributed by atoms with Crippen LogP contribution in [0.1, 0.15) is 33.6 Å².